The van der Waals surface area contributed by atoms with Gasteiger partial charge in [0.2, 0.25) is 11.8 Å². The summed E-state index contributed by atoms with van der Waals surface area (Å²) in [4.78, 5) is 29.0. The van der Waals surface area contributed by atoms with Gasteiger partial charge in [0.15, 0.2) is 0 Å². The predicted molar refractivity (Wildman–Crippen MR) is 201 cm³/mol. The molecular weight excluding hydrogens is 667 g/mol. The first kappa shape index (κ1) is 37.6. The van der Waals surface area contributed by atoms with Gasteiger partial charge in [0, 0.05) is 49.2 Å². The van der Waals surface area contributed by atoms with Gasteiger partial charge in [0.1, 0.15) is 12.2 Å². The zero-order chi connectivity index (χ0) is 35.3. The predicted octanol–water partition coefficient (Wildman–Crippen LogP) is 10.3. The Labute approximate surface area is 307 Å². The molecule has 6 nitrogen and oxygen atoms in total. The van der Waals surface area contributed by atoms with E-state index in [9.17, 15) is 9.59 Å². The summed E-state index contributed by atoms with van der Waals surface area (Å²) >= 11 is 12.1. The van der Waals surface area contributed by atoms with Gasteiger partial charge in [-0.25, -0.2) is 0 Å². The number of benzene rings is 4. The Bertz CT molecular complexity index is 1500. The van der Waals surface area contributed by atoms with Crippen molar-refractivity contribution in [2.24, 2.45) is 0 Å². The molecule has 4 atom stereocenters. The van der Waals surface area contributed by atoms with Crippen LogP contribution < -0.4 is 0 Å². The van der Waals surface area contributed by atoms with Gasteiger partial charge in [-0.05, 0) is 72.2 Å². The Morgan fingerprint density at radius 3 is 1.20 bits per heavy atom. The Morgan fingerprint density at radius 1 is 0.540 bits per heavy atom. The maximum absolute atomic E-state index is 12.5. The molecule has 0 spiro atoms. The second-order valence-corrected chi connectivity index (χ2v) is 13.7. The molecule has 50 heavy (non-hydrogen) atoms. The molecule has 0 radical (unpaired) electrons. The number of carbonyl (C=O) groups excluding carboxylic acids is 2. The van der Waals surface area contributed by atoms with Crippen LogP contribution in [-0.4, -0.2) is 47.9 Å². The molecule has 2 fully saturated rings. The van der Waals surface area contributed by atoms with Crippen LogP contribution in [0.25, 0.3) is 0 Å². The van der Waals surface area contributed by atoms with Crippen molar-refractivity contribution in [1.29, 1.82) is 0 Å². The third-order valence-electron chi connectivity index (χ3n) is 9.15. The summed E-state index contributed by atoms with van der Waals surface area (Å²) in [5, 5.41) is 1.40. The van der Waals surface area contributed by atoms with E-state index in [1.54, 1.807) is 0 Å². The largest absolute Gasteiger partial charge is 0.371 e. The average Bonchev–Trinajstić information content (AvgIpc) is 3.77. The lowest BCUT2D eigenvalue weighted by molar-refractivity contribution is -0.134. The van der Waals surface area contributed by atoms with Crippen LogP contribution >= 0.6 is 23.2 Å². The zero-order valence-electron chi connectivity index (χ0n) is 29.1. The van der Waals surface area contributed by atoms with Gasteiger partial charge in [-0.15, -0.1) is 0 Å². The molecule has 2 saturated heterocycles. The van der Waals surface area contributed by atoms with Crippen molar-refractivity contribution in [3.05, 3.63) is 141 Å². The van der Waals surface area contributed by atoms with Gasteiger partial charge in [0.05, 0.1) is 12.1 Å². The van der Waals surface area contributed by atoms with Crippen LogP contribution in [0.5, 0.6) is 0 Å². The first-order valence-corrected chi connectivity index (χ1v) is 18.6. The second-order valence-electron chi connectivity index (χ2n) is 12.8. The van der Waals surface area contributed by atoms with E-state index in [4.69, 9.17) is 32.7 Å². The number of hydrogen-bond donors (Lipinski definition) is 0. The molecule has 2 heterocycles. The third kappa shape index (κ3) is 9.76. The molecule has 0 N–H and O–H groups in total. The van der Waals surface area contributed by atoms with E-state index in [0.717, 1.165) is 61.0 Å². The van der Waals surface area contributed by atoms with Crippen LogP contribution in [-0.2, 0) is 19.1 Å². The third-order valence-corrected chi connectivity index (χ3v) is 9.65. The smallest absolute Gasteiger partial charge is 0.223 e. The summed E-state index contributed by atoms with van der Waals surface area (Å²) in [7, 11) is 0. The standard InChI is InChI=1S/2C21H24ClNO2/c2*1-2-15-25-21(17-10-12-18(22)13-11-17)20(16-7-4-3-5-8-16)23-14-6-9-19(23)24/h2*3-5,7-8,10-13,20-21H,2,6,9,14-15H2,1H3/t2*20?,21-/m10/s1. The first-order chi connectivity index (χ1) is 24.4. The van der Waals surface area contributed by atoms with Crippen molar-refractivity contribution in [2.75, 3.05) is 26.3 Å². The van der Waals surface area contributed by atoms with Crippen LogP contribution in [0.1, 0.15) is 98.9 Å². The normalized spacial score (nSPS) is 16.9. The summed E-state index contributed by atoms with van der Waals surface area (Å²) in [5.41, 5.74) is 4.31. The van der Waals surface area contributed by atoms with E-state index in [1.807, 2.05) is 94.7 Å². The van der Waals surface area contributed by atoms with Crippen LogP contribution in [0, 0.1) is 0 Å². The summed E-state index contributed by atoms with van der Waals surface area (Å²) in [6.45, 7) is 7.04. The number of hydrogen-bond acceptors (Lipinski definition) is 4. The lowest BCUT2D eigenvalue weighted by Gasteiger charge is -2.35. The fourth-order valence-corrected chi connectivity index (χ4v) is 7.05. The first-order valence-electron chi connectivity index (χ1n) is 17.8. The maximum atomic E-state index is 12.5. The Morgan fingerprint density at radius 2 is 0.900 bits per heavy atom. The number of ether oxygens (including phenoxy) is 2. The summed E-state index contributed by atoms with van der Waals surface area (Å²) in [6.07, 6.45) is 4.49. The summed E-state index contributed by atoms with van der Waals surface area (Å²) in [6, 6.07) is 35.6. The number of carbonyl (C=O) groups is 2. The van der Waals surface area contributed by atoms with Gasteiger partial charge in [-0.2, -0.15) is 0 Å². The zero-order valence-corrected chi connectivity index (χ0v) is 30.6. The highest BCUT2D eigenvalue weighted by Gasteiger charge is 2.37. The number of halogens is 2. The van der Waals surface area contributed by atoms with E-state index in [0.29, 0.717) is 36.1 Å². The highest BCUT2D eigenvalue weighted by Crippen LogP contribution is 2.41. The van der Waals surface area contributed by atoms with Crippen molar-refractivity contribution in [2.45, 2.75) is 76.7 Å². The van der Waals surface area contributed by atoms with Crippen molar-refractivity contribution in [3.63, 3.8) is 0 Å². The van der Waals surface area contributed by atoms with Gasteiger partial charge in [-0.1, -0.05) is 122 Å². The molecule has 4 aromatic rings. The van der Waals surface area contributed by atoms with Gasteiger partial charge in [-0.3, -0.25) is 9.59 Å². The lowest BCUT2D eigenvalue weighted by atomic mass is 9.94. The Kier molecular flexibility index (Phi) is 14.3. The fraction of sp³-hybridized carbons (Fsp3) is 0.381. The SMILES string of the molecule is CCCO[C@@H](c1ccc(Cl)cc1)C(c1ccccc1)N1CCCC1=O.CCCO[C@H](c1ccc(Cl)cc1)C(c1ccccc1)N1CCCC1=O. The van der Waals surface area contributed by atoms with Crippen molar-refractivity contribution >= 4 is 35.0 Å². The molecule has 2 aliphatic heterocycles. The number of amides is 2. The van der Waals surface area contributed by atoms with Crippen molar-refractivity contribution in [3.8, 4) is 0 Å². The molecule has 4 aromatic carbocycles. The lowest BCUT2D eigenvalue weighted by Crippen LogP contribution is -2.35. The van der Waals surface area contributed by atoms with E-state index in [2.05, 4.69) is 38.1 Å². The van der Waals surface area contributed by atoms with Crippen LogP contribution in [0.4, 0.5) is 0 Å². The topological polar surface area (TPSA) is 59.1 Å². The van der Waals surface area contributed by atoms with E-state index in [-0.39, 0.29) is 36.1 Å². The van der Waals surface area contributed by atoms with Crippen molar-refractivity contribution in [1.82, 2.24) is 9.80 Å². The molecule has 2 aliphatic rings. The molecule has 2 amide bonds. The van der Waals surface area contributed by atoms with E-state index in [1.165, 1.54) is 0 Å². The van der Waals surface area contributed by atoms with Gasteiger partial charge < -0.3 is 19.3 Å². The molecule has 0 bridgehead atoms. The Balaban J connectivity index is 0.000000194. The van der Waals surface area contributed by atoms with Gasteiger partial charge >= 0.3 is 0 Å². The maximum Gasteiger partial charge on any atom is 0.223 e. The van der Waals surface area contributed by atoms with Crippen LogP contribution in [0.2, 0.25) is 10.0 Å². The number of likely N-dealkylation sites (tertiary alicyclic amines) is 2. The summed E-state index contributed by atoms with van der Waals surface area (Å²) < 4.78 is 12.5. The molecule has 0 aliphatic carbocycles. The molecular formula is C42H48Cl2N2O4. The highest BCUT2D eigenvalue weighted by atomic mass is 35.5. The van der Waals surface area contributed by atoms with Crippen LogP contribution in [0.15, 0.2) is 109 Å². The Hall–Kier alpha value is -3.68. The number of rotatable bonds is 14. The van der Waals surface area contributed by atoms with Crippen molar-refractivity contribution < 1.29 is 19.1 Å². The number of nitrogens with zero attached hydrogens (tertiary/aromatic N) is 2. The minimum atomic E-state index is -0.207. The fourth-order valence-electron chi connectivity index (χ4n) is 6.80. The second kappa shape index (κ2) is 19.1. The van der Waals surface area contributed by atoms with E-state index < -0.39 is 0 Å². The molecule has 2 unspecified atom stereocenters. The molecule has 6 rings (SSSR count). The molecule has 0 aromatic heterocycles. The summed E-state index contributed by atoms with van der Waals surface area (Å²) in [5.74, 6) is 0.404. The molecule has 264 valence electrons. The minimum absolute atomic E-state index is 0.121. The minimum Gasteiger partial charge on any atom is -0.371 e. The van der Waals surface area contributed by atoms with Crippen LogP contribution in [0.3, 0.4) is 0 Å². The quantitative estimate of drug-likeness (QED) is 0.130. The molecule has 8 heteroatoms. The average molecular weight is 716 g/mol. The monoisotopic (exact) mass is 714 g/mol. The highest BCUT2D eigenvalue weighted by molar-refractivity contribution is 6.30. The van der Waals surface area contributed by atoms with Gasteiger partial charge in [0.25, 0.3) is 0 Å². The van der Waals surface area contributed by atoms with E-state index >= 15 is 0 Å². The molecule has 0 saturated carbocycles.